The molecule has 138 valence electrons. The van der Waals surface area contributed by atoms with Crippen LogP contribution in [0.25, 0.3) is 0 Å². The SMILES string of the molecule is CN=C(NCCSC)NCC1(c2ccc3c(c2)OCCO3)CCCC1. The van der Waals surface area contributed by atoms with E-state index in [0.29, 0.717) is 13.2 Å². The van der Waals surface area contributed by atoms with Crippen LogP contribution in [-0.2, 0) is 5.41 Å². The van der Waals surface area contributed by atoms with Gasteiger partial charge in [0.05, 0.1) is 0 Å². The van der Waals surface area contributed by atoms with E-state index in [2.05, 4.69) is 40.1 Å². The maximum absolute atomic E-state index is 5.80. The molecule has 0 atom stereocenters. The maximum Gasteiger partial charge on any atom is 0.191 e. The highest BCUT2D eigenvalue weighted by molar-refractivity contribution is 7.98. The van der Waals surface area contributed by atoms with Crippen LogP contribution >= 0.6 is 11.8 Å². The molecular weight excluding hydrogens is 334 g/mol. The van der Waals surface area contributed by atoms with Crippen LogP contribution in [0.1, 0.15) is 31.2 Å². The van der Waals surface area contributed by atoms with Gasteiger partial charge in [0, 0.05) is 31.3 Å². The third-order valence-electron chi connectivity index (χ3n) is 5.13. The number of ether oxygens (including phenoxy) is 2. The molecule has 1 fully saturated rings. The molecule has 0 saturated heterocycles. The number of nitrogens with zero attached hydrogens (tertiary/aromatic N) is 1. The predicted molar refractivity (Wildman–Crippen MR) is 105 cm³/mol. The summed E-state index contributed by atoms with van der Waals surface area (Å²) in [4.78, 5) is 4.36. The summed E-state index contributed by atoms with van der Waals surface area (Å²) in [6.07, 6.45) is 7.05. The molecule has 25 heavy (non-hydrogen) atoms. The molecule has 0 spiro atoms. The molecule has 1 aromatic carbocycles. The Kier molecular flexibility index (Phi) is 6.34. The first-order valence-corrected chi connectivity index (χ1v) is 10.5. The van der Waals surface area contributed by atoms with E-state index in [1.807, 2.05) is 18.8 Å². The van der Waals surface area contributed by atoms with Crippen LogP contribution in [0, 0.1) is 0 Å². The molecule has 0 radical (unpaired) electrons. The molecule has 3 rings (SSSR count). The molecular formula is C19H29N3O2S. The summed E-state index contributed by atoms with van der Waals surface area (Å²) in [6, 6.07) is 6.46. The van der Waals surface area contributed by atoms with Crippen molar-refractivity contribution in [3.8, 4) is 11.5 Å². The van der Waals surface area contributed by atoms with Crippen molar-refractivity contribution in [2.75, 3.05) is 45.4 Å². The van der Waals surface area contributed by atoms with E-state index < -0.39 is 0 Å². The van der Waals surface area contributed by atoms with Gasteiger partial charge in [-0.15, -0.1) is 0 Å². The normalized spacial score (nSPS) is 18.9. The van der Waals surface area contributed by atoms with Crippen molar-refractivity contribution in [1.82, 2.24) is 10.6 Å². The Morgan fingerprint density at radius 1 is 1.16 bits per heavy atom. The van der Waals surface area contributed by atoms with Gasteiger partial charge in [-0.25, -0.2) is 0 Å². The van der Waals surface area contributed by atoms with Crippen LogP contribution in [0.5, 0.6) is 11.5 Å². The molecule has 1 aliphatic carbocycles. The average Bonchev–Trinajstić information content (AvgIpc) is 3.14. The maximum atomic E-state index is 5.80. The summed E-state index contributed by atoms with van der Waals surface area (Å²) >= 11 is 1.84. The average molecular weight is 364 g/mol. The van der Waals surface area contributed by atoms with E-state index in [0.717, 1.165) is 36.3 Å². The number of hydrogen-bond donors (Lipinski definition) is 2. The van der Waals surface area contributed by atoms with Crippen LogP contribution in [0.3, 0.4) is 0 Å². The van der Waals surface area contributed by atoms with Gasteiger partial charge in [0.25, 0.3) is 0 Å². The fourth-order valence-corrected chi connectivity index (χ4v) is 4.04. The largest absolute Gasteiger partial charge is 0.486 e. The Hall–Kier alpha value is -1.56. The summed E-state index contributed by atoms with van der Waals surface area (Å²) in [5.41, 5.74) is 1.49. The number of guanidine groups is 1. The first kappa shape index (κ1) is 18.2. The van der Waals surface area contributed by atoms with Crippen molar-refractivity contribution < 1.29 is 9.47 Å². The van der Waals surface area contributed by atoms with Gasteiger partial charge in [-0.1, -0.05) is 18.9 Å². The molecule has 2 aliphatic rings. The summed E-state index contributed by atoms with van der Waals surface area (Å²) in [5.74, 6) is 3.72. The second-order valence-electron chi connectivity index (χ2n) is 6.69. The van der Waals surface area contributed by atoms with E-state index >= 15 is 0 Å². The molecule has 0 aromatic heterocycles. The molecule has 2 N–H and O–H groups in total. The first-order valence-electron chi connectivity index (χ1n) is 9.11. The number of aliphatic imine (C=N–C) groups is 1. The highest BCUT2D eigenvalue weighted by Gasteiger charge is 2.36. The molecule has 0 bridgehead atoms. The van der Waals surface area contributed by atoms with Crippen molar-refractivity contribution in [3.05, 3.63) is 23.8 Å². The van der Waals surface area contributed by atoms with E-state index in [4.69, 9.17) is 9.47 Å². The van der Waals surface area contributed by atoms with Crippen LogP contribution in [0.4, 0.5) is 0 Å². The molecule has 0 amide bonds. The molecule has 5 nitrogen and oxygen atoms in total. The number of fused-ring (bicyclic) bond motifs is 1. The number of thioether (sulfide) groups is 1. The van der Waals surface area contributed by atoms with Gasteiger partial charge in [-0.05, 0) is 36.8 Å². The Labute approximate surface area is 155 Å². The fraction of sp³-hybridized carbons (Fsp3) is 0.632. The van der Waals surface area contributed by atoms with Crippen LogP contribution in [0.15, 0.2) is 23.2 Å². The standard InChI is InChI=1S/C19H29N3O2S/c1-20-18(21-9-12-25-2)22-14-19(7-3-4-8-19)15-5-6-16-17(13-15)24-11-10-23-16/h5-6,13H,3-4,7-12,14H2,1-2H3,(H2,20,21,22). The van der Waals surface area contributed by atoms with E-state index in [1.165, 1.54) is 31.2 Å². The molecule has 1 aliphatic heterocycles. The summed E-state index contributed by atoms with van der Waals surface area (Å²) in [7, 11) is 1.83. The third-order valence-corrected chi connectivity index (χ3v) is 5.74. The minimum Gasteiger partial charge on any atom is -0.486 e. The molecule has 1 heterocycles. The smallest absolute Gasteiger partial charge is 0.191 e. The van der Waals surface area contributed by atoms with Gasteiger partial charge < -0.3 is 20.1 Å². The second-order valence-corrected chi connectivity index (χ2v) is 7.68. The summed E-state index contributed by atoms with van der Waals surface area (Å²) in [5, 5.41) is 6.93. The van der Waals surface area contributed by atoms with Crippen molar-refractivity contribution in [3.63, 3.8) is 0 Å². The highest BCUT2D eigenvalue weighted by Crippen LogP contribution is 2.43. The fourth-order valence-electron chi connectivity index (χ4n) is 3.74. The lowest BCUT2D eigenvalue weighted by Crippen LogP contribution is -2.45. The minimum absolute atomic E-state index is 0.146. The lowest BCUT2D eigenvalue weighted by atomic mass is 9.78. The minimum atomic E-state index is 0.146. The number of benzene rings is 1. The van der Waals surface area contributed by atoms with Gasteiger partial charge in [-0.3, -0.25) is 4.99 Å². The molecule has 1 aromatic rings. The number of hydrogen-bond acceptors (Lipinski definition) is 4. The Bertz CT molecular complexity index is 600. The predicted octanol–water partition coefficient (Wildman–Crippen LogP) is 2.80. The first-order chi connectivity index (χ1) is 12.3. The summed E-state index contributed by atoms with van der Waals surface area (Å²) < 4.78 is 11.5. The number of rotatable bonds is 6. The van der Waals surface area contributed by atoms with Crippen molar-refractivity contribution in [1.29, 1.82) is 0 Å². The second kappa shape index (κ2) is 8.70. The lowest BCUT2D eigenvalue weighted by molar-refractivity contribution is 0.171. The zero-order chi connectivity index (χ0) is 17.5. The number of nitrogens with one attached hydrogen (secondary N) is 2. The van der Waals surface area contributed by atoms with Crippen LogP contribution in [0.2, 0.25) is 0 Å². The van der Waals surface area contributed by atoms with Crippen molar-refractivity contribution >= 4 is 17.7 Å². The zero-order valence-electron chi connectivity index (χ0n) is 15.3. The van der Waals surface area contributed by atoms with Gasteiger partial charge in [-0.2, -0.15) is 11.8 Å². The van der Waals surface area contributed by atoms with Crippen molar-refractivity contribution in [2.24, 2.45) is 4.99 Å². The third kappa shape index (κ3) is 4.35. The Morgan fingerprint density at radius 3 is 2.64 bits per heavy atom. The van der Waals surface area contributed by atoms with E-state index in [-0.39, 0.29) is 5.41 Å². The van der Waals surface area contributed by atoms with E-state index in [1.54, 1.807) is 0 Å². The topological polar surface area (TPSA) is 54.9 Å². The lowest BCUT2D eigenvalue weighted by Gasteiger charge is -2.32. The zero-order valence-corrected chi connectivity index (χ0v) is 16.1. The van der Waals surface area contributed by atoms with Crippen LogP contribution < -0.4 is 20.1 Å². The molecule has 6 heteroatoms. The highest BCUT2D eigenvalue weighted by atomic mass is 32.2. The summed E-state index contributed by atoms with van der Waals surface area (Å²) in [6.45, 7) is 3.09. The molecule has 0 unspecified atom stereocenters. The van der Waals surface area contributed by atoms with Gasteiger partial charge in [0.2, 0.25) is 0 Å². The van der Waals surface area contributed by atoms with E-state index in [9.17, 15) is 0 Å². The molecule has 1 saturated carbocycles. The monoisotopic (exact) mass is 363 g/mol. The van der Waals surface area contributed by atoms with Gasteiger partial charge in [0.15, 0.2) is 17.5 Å². The quantitative estimate of drug-likeness (QED) is 0.462. The van der Waals surface area contributed by atoms with Gasteiger partial charge in [0.1, 0.15) is 13.2 Å². The Balaban J connectivity index is 1.71. The van der Waals surface area contributed by atoms with Gasteiger partial charge >= 0.3 is 0 Å². The Morgan fingerprint density at radius 2 is 1.92 bits per heavy atom. The van der Waals surface area contributed by atoms with Crippen LogP contribution in [-0.4, -0.2) is 51.3 Å². The van der Waals surface area contributed by atoms with Crippen molar-refractivity contribution in [2.45, 2.75) is 31.1 Å².